The van der Waals surface area contributed by atoms with Gasteiger partial charge >= 0.3 is 5.97 Å². The lowest BCUT2D eigenvalue weighted by molar-refractivity contribution is -0.138. The van der Waals surface area contributed by atoms with E-state index in [2.05, 4.69) is 22.0 Å². The number of hydrogen-bond acceptors (Lipinski definition) is 6. The Bertz CT molecular complexity index is 1130. The number of rotatable bonds is 7. The van der Waals surface area contributed by atoms with Crippen LogP contribution in [-0.2, 0) is 15.3 Å². The van der Waals surface area contributed by atoms with E-state index in [-0.39, 0.29) is 12.4 Å². The Hall–Kier alpha value is -3.39. The average Bonchev–Trinajstić information content (AvgIpc) is 3.19. The van der Waals surface area contributed by atoms with E-state index >= 15 is 0 Å². The van der Waals surface area contributed by atoms with Gasteiger partial charge in [-0.25, -0.2) is 13.9 Å². The van der Waals surface area contributed by atoms with Gasteiger partial charge in [0.2, 0.25) is 11.1 Å². The van der Waals surface area contributed by atoms with Gasteiger partial charge in [-0.2, -0.15) is 4.98 Å². The first kappa shape index (κ1) is 20.9. The van der Waals surface area contributed by atoms with Crippen molar-refractivity contribution in [2.75, 3.05) is 11.9 Å². The fourth-order valence-corrected chi connectivity index (χ4v) is 4.13. The molecule has 3 aromatic rings. The summed E-state index contributed by atoms with van der Waals surface area (Å²) in [5, 5.41) is 8.37. The summed E-state index contributed by atoms with van der Waals surface area (Å²) in [6, 6.07) is 15.5. The molecule has 0 saturated heterocycles. The third-order valence-corrected chi connectivity index (χ3v) is 5.69. The summed E-state index contributed by atoms with van der Waals surface area (Å²) in [5.41, 5.74) is 2.87. The average molecular weight is 437 g/mol. The minimum absolute atomic E-state index is 0.0914. The SMILES string of the molecule is C=CCOC(=O)C1=C(C)Nc2nc(SCc3ccccc3)nn2[C@H]1c1ccc(F)cc1. The maximum atomic E-state index is 13.5. The third kappa shape index (κ3) is 4.54. The lowest BCUT2D eigenvalue weighted by Crippen LogP contribution is -2.29. The van der Waals surface area contributed by atoms with Gasteiger partial charge < -0.3 is 10.1 Å². The molecule has 8 heteroatoms. The van der Waals surface area contributed by atoms with Crippen LogP contribution in [0.2, 0.25) is 0 Å². The minimum Gasteiger partial charge on any atom is -0.458 e. The number of anilines is 1. The second-order valence-corrected chi connectivity index (χ2v) is 7.88. The molecule has 2 aromatic carbocycles. The number of hydrogen-bond donors (Lipinski definition) is 1. The maximum absolute atomic E-state index is 13.5. The highest BCUT2D eigenvalue weighted by molar-refractivity contribution is 7.98. The first-order valence-corrected chi connectivity index (χ1v) is 10.7. The third-order valence-electron chi connectivity index (χ3n) is 4.78. The van der Waals surface area contributed by atoms with Crippen molar-refractivity contribution < 1.29 is 13.9 Å². The predicted octanol–water partition coefficient (Wildman–Crippen LogP) is 4.73. The van der Waals surface area contributed by atoms with Gasteiger partial charge in [-0.3, -0.25) is 0 Å². The lowest BCUT2D eigenvalue weighted by atomic mass is 9.96. The van der Waals surface area contributed by atoms with Crippen LogP contribution in [0.1, 0.15) is 24.1 Å². The normalized spacial score (nSPS) is 15.2. The number of benzene rings is 2. The number of aromatic nitrogens is 3. The zero-order valence-corrected chi connectivity index (χ0v) is 17.7. The van der Waals surface area contributed by atoms with Gasteiger partial charge in [0, 0.05) is 11.4 Å². The van der Waals surface area contributed by atoms with E-state index in [4.69, 9.17) is 4.74 Å². The van der Waals surface area contributed by atoms with E-state index in [9.17, 15) is 9.18 Å². The molecule has 1 aromatic heterocycles. The van der Waals surface area contributed by atoms with E-state index in [1.54, 1.807) is 23.7 Å². The quantitative estimate of drug-likeness (QED) is 0.328. The number of thioether (sulfide) groups is 1. The molecule has 1 N–H and O–H groups in total. The molecule has 0 radical (unpaired) electrons. The molecule has 158 valence electrons. The molecule has 0 aliphatic carbocycles. The molecule has 1 aliphatic heterocycles. The van der Waals surface area contributed by atoms with Crippen molar-refractivity contribution in [1.29, 1.82) is 0 Å². The molecule has 0 spiro atoms. The number of esters is 1. The van der Waals surface area contributed by atoms with E-state index in [1.165, 1.54) is 30.0 Å². The van der Waals surface area contributed by atoms with Gasteiger partial charge in [0.1, 0.15) is 18.5 Å². The number of halogens is 1. The highest BCUT2D eigenvalue weighted by Crippen LogP contribution is 2.37. The molecule has 31 heavy (non-hydrogen) atoms. The first-order valence-electron chi connectivity index (χ1n) is 9.71. The second kappa shape index (κ2) is 9.18. The van der Waals surface area contributed by atoms with Crippen LogP contribution in [0.3, 0.4) is 0 Å². The van der Waals surface area contributed by atoms with Gasteiger partial charge in [-0.15, -0.1) is 5.10 Å². The number of fused-ring (bicyclic) bond motifs is 1. The highest BCUT2D eigenvalue weighted by Gasteiger charge is 2.35. The minimum atomic E-state index is -0.590. The number of carbonyl (C=O) groups excluding carboxylic acids is 1. The Morgan fingerprint density at radius 1 is 1.26 bits per heavy atom. The Morgan fingerprint density at radius 2 is 2.00 bits per heavy atom. The van der Waals surface area contributed by atoms with E-state index < -0.39 is 12.0 Å². The molecule has 0 saturated carbocycles. The number of carbonyl (C=O) groups is 1. The van der Waals surface area contributed by atoms with Crippen molar-refractivity contribution in [3.63, 3.8) is 0 Å². The van der Waals surface area contributed by atoms with Gasteiger partial charge in [-0.05, 0) is 30.2 Å². The molecule has 1 atom stereocenters. The fourth-order valence-electron chi connectivity index (χ4n) is 3.34. The standard InChI is InChI=1S/C23H21FN4O2S/c1-3-13-30-21(29)19-15(2)25-22-26-23(31-14-16-7-5-4-6-8-16)27-28(22)20(19)17-9-11-18(24)12-10-17/h3-12,20H,1,13-14H2,2H3,(H,25,26,27)/t20-/m0/s1. The van der Waals surface area contributed by atoms with Crippen LogP contribution >= 0.6 is 11.8 Å². The molecule has 6 nitrogen and oxygen atoms in total. The van der Waals surface area contributed by atoms with Gasteiger partial charge in [-0.1, -0.05) is 66.9 Å². The topological polar surface area (TPSA) is 69.0 Å². The summed E-state index contributed by atoms with van der Waals surface area (Å²) in [6.07, 6.45) is 1.51. The molecule has 4 rings (SSSR count). The van der Waals surface area contributed by atoms with Crippen molar-refractivity contribution in [2.24, 2.45) is 0 Å². The summed E-state index contributed by atoms with van der Waals surface area (Å²) in [4.78, 5) is 17.4. The Morgan fingerprint density at radius 3 is 2.71 bits per heavy atom. The molecule has 0 unspecified atom stereocenters. The number of ether oxygens (including phenoxy) is 1. The zero-order valence-electron chi connectivity index (χ0n) is 16.9. The highest BCUT2D eigenvalue weighted by atomic mass is 32.2. The van der Waals surface area contributed by atoms with E-state index in [1.807, 2.05) is 30.3 Å². The van der Waals surface area contributed by atoms with Gasteiger partial charge in [0.05, 0.1) is 5.57 Å². The molecule has 1 aliphatic rings. The zero-order chi connectivity index (χ0) is 21.8. The Labute approximate surface area is 183 Å². The van der Waals surface area contributed by atoms with E-state index in [0.29, 0.717) is 33.7 Å². The van der Waals surface area contributed by atoms with E-state index in [0.717, 1.165) is 5.56 Å². The first-order chi connectivity index (χ1) is 15.1. The van der Waals surface area contributed by atoms with Crippen molar-refractivity contribution in [3.05, 3.63) is 95.5 Å². The molecule has 0 fully saturated rings. The molecule has 0 bridgehead atoms. The molecular formula is C23H21FN4O2S. The van der Waals surface area contributed by atoms with Crippen LogP contribution in [0.4, 0.5) is 10.3 Å². The lowest BCUT2D eigenvalue weighted by Gasteiger charge is -2.28. The molecular weight excluding hydrogens is 415 g/mol. The van der Waals surface area contributed by atoms with Crippen LogP contribution in [0.15, 0.2) is 83.7 Å². The number of allylic oxidation sites excluding steroid dienone is 1. The van der Waals surface area contributed by atoms with Gasteiger partial charge in [0.25, 0.3) is 0 Å². The number of nitrogens with one attached hydrogen (secondary N) is 1. The molecule has 2 heterocycles. The summed E-state index contributed by atoms with van der Waals surface area (Å²) in [7, 11) is 0. The smallest absolute Gasteiger partial charge is 0.338 e. The largest absolute Gasteiger partial charge is 0.458 e. The van der Waals surface area contributed by atoms with Crippen molar-refractivity contribution in [3.8, 4) is 0 Å². The Balaban J connectivity index is 1.69. The van der Waals surface area contributed by atoms with Crippen molar-refractivity contribution in [2.45, 2.75) is 23.9 Å². The summed E-state index contributed by atoms with van der Waals surface area (Å²) in [6.45, 7) is 5.47. The predicted molar refractivity (Wildman–Crippen MR) is 118 cm³/mol. The summed E-state index contributed by atoms with van der Waals surface area (Å²) in [5.74, 6) is 0.389. The van der Waals surface area contributed by atoms with Gasteiger partial charge in [0.15, 0.2) is 0 Å². The van der Waals surface area contributed by atoms with Crippen molar-refractivity contribution >= 4 is 23.7 Å². The van der Waals surface area contributed by atoms with Crippen LogP contribution in [-0.4, -0.2) is 27.3 Å². The maximum Gasteiger partial charge on any atom is 0.338 e. The van der Waals surface area contributed by atoms with Crippen LogP contribution in [0, 0.1) is 5.82 Å². The summed E-state index contributed by atoms with van der Waals surface area (Å²) < 4.78 is 20.5. The van der Waals surface area contributed by atoms with Crippen molar-refractivity contribution in [1.82, 2.24) is 14.8 Å². The Kier molecular flexibility index (Phi) is 6.18. The monoisotopic (exact) mass is 436 g/mol. The second-order valence-electron chi connectivity index (χ2n) is 6.94. The molecule has 0 amide bonds. The fraction of sp³-hybridized carbons (Fsp3) is 0.174. The number of nitrogens with zero attached hydrogens (tertiary/aromatic N) is 3. The summed E-state index contributed by atoms with van der Waals surface area (Å²) >= 11 is 1.50. The van der Waals surface area contributed by atoms with Crippen LogP contribution < -0.4 is 5.32 Å². The van der Waals surface area contributed by atoms with Crippen LogP contribution in [0.25, 0.3) is 0 Å². The van der Waals surface area contributed by atoms with Crippen LogP contribution in [0.5, 0.6) is 0 Å².